The van der Waals surface area contributed by atoms with E-state index in [1.54, 1.807) is 20.3 Å². The van der Waals surface area contributed by atoms with Crippen molar-refractivity contribution in [3.05, 3.63) is 22.7 Å². The van der Waals surface area contributed by atoms with Gasteiger partial charge in [0.1, 0.15) is 22.8 Å². The minimum Gasteiger partial charge on any atom is -0.494 e. The molecule has 0 saturated carbocycles. The van der Waals surface area contributed by atoms with Gasteiger partial charge in [-0.15, -0.1) is 0 Å². The number of halogens is 1. The van der Waals surface area contributed by atoms with E-state index in [0.717, 1.165) is 10.9 Å². The molecule has 0 atom stereocenters. The summed E-state index contributed by atoms with van der Waals surface area (Å²) >= 11 is 6.25. The summed E-state index contributed by atoms with van der Waals surface area (Å²) in [5.41, 5.74) is 4.15. The molecule has 1 aromatic carbocycles. The van der Waals surface area contributed by atoms with E-state index in [-0.39, 0.29) is 5.41 Å². The molecule has 6 heteroatoms. The number of pyridine rings is 1. The molecule has 0 radical (unpaired) electrons. The van der Waals surface area contributed by atoms with E-state index in [9.17, 15) is 0 Å². The van der Waals surface area contributed by atoms with Crippen molar-refractivity contribution in [1.82, 2.24) is 4.98 Å². The second-order valence-corrected chi connectivity index (χ2v) is 6.18. The van der Waals surface area contributed by atoms with Gasteiger partial charge in [-0.25, -0.2) is 10.8 Å². The maximum atomic E-state index is 6.25. The minimum atomic E-state index is -0.135. The number of nitrogen functional groups attached to an aromatic ring is 1. The number of hydrogen-bond donors (Lipinski definition) is 2. The molecular formula is C15H20ClN3O2. The van der Waals surface area contributed by atoms with Gasteiger partial charge in [-0.2, -0.15) is 0 Å². The molecule has 0 bridgehead atoms. The number of fused-ring (bicyclic) bond motifs is 1. The summed E-state index contributed by atoms with van der Waals surface area (Å²) in [5.74, 6) is 7.38. The van der Waals surface area contributed by atoms with Gasteiger partial charge in [-0.1, -0.05) is 32.4 Å². The summed E-state index contributed by atoms with van der Waals surface area (Å²) in [6.07, 6.45) is 0. The van der Waals surface area contributed by atoms with Crippen LogP contribution in [0.15, 0.2) is 12.1 Å². The Morgan fingerprint density at radius 3 is 2.33 bits per heavy atom. The predicted octanol–water partition coefficient (Wildman–Crippen LogP) is 3.49. The SMILES string of the molecule is COc1c(Cl)cc(OC)c2nc(NN)c(C(C)(C)C)cc12. The summed E-state index contributed by atoms with van der Waals surface area (Å²) in [6.45, 7) is 6.26. The first kappa shape index (κ1) is 15.7. The van der Waals surface area contributed by atoms with Crippen molar-refractivity contribution in [3.63, 3.8) is 0 Å². The number of anilines is 1. The highest BCUT2D eigenvalue weighted by Crippen LogP contribution is 2.41. The van der Waals surface area contributed by atoms with Crippen molar-refractivity contribution in [2.45, 2.75) is 26.2 Å². The first-order chi connectivity index (χ1) is 9.83. The van der Waals surface area contributed by atoms with Crippen molar-refractivity contribution in [2.24, 2.45) is 5.84 Å². The standard InChI is InChI=1S/C15H20ClN3O2/c1-15(2,3)9-6-8-12(18-14(9)19-17)11(20-4)7-10(16)13(8)21-5/h6-7H,17H2,1-5H3,(H,18,19). The molecule has 0 amide bonds. The zero-order valence-electron chi connectivity index (χ0n) is 12.9. The largest absolute Gasteiger partial charge is 0.494 e. The molecule has 0 fully saturated rings. The van der Waals surface area contributed by atoms with E-state index >= 15 is 0 Å². The third-order valence-electron chi connectivity index (χ3n) is 3.34. The highest BCUT2D eigenvalue weighted by atomic mass is 35.5. The van der Waals surface area contributed by atoms with Gasteiger partial charge >= 0.3 is 0 Å². The second kappa shape index (κ2) is 5.58. The highest BCUT2D eigenvalue weighted by molar-refractivity contribution is 6.33. The van der Waals surface area contributed by atoms with Gasteiger partial charge in [-0.05, 0) is 11.5 Å². The third-order valence-corrected chi connectivity index (χ3v) is 3.62. The molecule has 0 spiro atoms. The van der Waals surface area contributed by atoms with Gasteiger partial charge in [0.05, 0.1) is 19.2 Å². The molecule has 3 N–H and O–H groups in total. The molecule has 5 nitrogen and oxygen atoms in total. The third kappa shape index (κ3) is 2.71. The summed E-state index contributed by atoms with van der Waals surface area (Å²) in [5, 5.41) is 1.28. The molecule has 0 aliphatic carbocycles. The van der Waals surface area contributed by atoms with Crippen LogP contribution in [0.4, 0.5) is 5.82 Å². The molecule has 0 unspecified atom stereocenters. The minimum absolute atomic E-state index is 0.135. The summed E-state index contributed by atoms with van der Waals surface area (Å²) in [7, 11) is 3.16. The van der Waals surface area contributed by atoms with Gasteiger partial charge in [0.15, 0.2) is 0 Å². The zero-order valence-corrected chi connectivity index (χ0v) is 13.6. The Morgan fingerprint density at radius 1 is 1.19 bits per heavy atom. The fourth-order valence-electron chi connectivity index (χ4n) is 2.30. The first-order valence-electron chi connectivity index (χ1n) is 6.55. The van der Waals surface area contributed by atoms with Crippen LogP contribution in [0.25, 0.3) is 10.9 Å². The lowest BCUT2D eigenvalue weighted by Crippen LogP contribution is -2.19. The van der Waals surface area contributed by atoms with Gasteiger partial charge < -0.3 is 14.9 Å². The summed E-state index contributed by atoms with van der Waals surface area (Å²) in [4.78, 5) is 4.58. The van der Waals surface area contributed by atoms with Crippen LogP contribution < -0.4 is 20.7 Å². The Morgan fingerprint density at radius 2 is 1.86 bits per heavy atom. The molecule has 2 rings (SSSR count). The van der Waals surface area contributed by atoms with Gasteiger partial charge in [-0.3, -0.25) is 0 Å². The van der Waals surface area contributed by atoms with Crippen LogP contribution in [0.5, 0.6) is 11.5 Å². The zero-order chi connectivity index (χ0) is 15.8. The molecule has 2 aromatic rings. The highest BCUT2D eigenvalue weighted by Gasteiger charge is 2.23. The van der Waals surface area contributed by atoms with Crippen LogP contribution in [0.2, 0.25) is 5.02 Å². The Hall–Kier alpha value is -1.72. The van der Waals surface area contributed by atoms with Gasteiger partial charge in [0.25, 0.3) is 0 Å². The number of methoxy groups -OCH3 is 2. The van der Waals surface area contributed by atoms with Crippen molar-refractivity contribution >= 4 is 28.3 Å². The average Bonchev–Trinajstić information content (AvgIpc) is 2.44. The van der Waals surface area contributed by atoms with Crippen LogP contribution in [0, 0.1) is 0 Å². The second-order valence-electron chi connectivity index (χ2n) is 5.77. The number of benzene rings is 1. The monoisotopic (exact) mass is 309 g/mol. The summed E-state index contributed by atoms with van der Waals surface area (Å²) in [6, 6.07) is 3.68. The van der Waals surface area contributed by atoms with E-state index in [4.69, 9.17) is 26.9 Å². The normalized spacial score (nSPS) is 11.6. The van der Waals surface area contributed by atoms with E-state index in [0.29, 0.717) is 27.9 Å². The van der Waals surface area contributed by atoms with Gasteiger partial charge in [0, 0.05) is 17.0 Å². The lowest BCUT2D eigenvalue weighted by molar-refractivity contribution is 0.410. The number of hydrazine groups is 1. The Labute approximate surface area is 129 Å². The number of nitrogens with one attached hydrogen (secondary N) is 1. The van der Waals surface area contributed by atoms with Crippen molar-refractivity contribution < 1.29 is 9.47 Å². The Balaban J connectivity index is 2.93. The van der Waals surface area contributed by atoms with Gasteiger partial charge in [0.2, 0.25) is 0 Å². The number of nitrogens with zero attached hydrogens (tertiary/aromatic N) is 1. The number of nitrogens with two attached hydrogens (primary N) is 1. The lowest BCUT2D eigenvalue weighted by atomic mass is 9.86. The Kier molecular flexibility index (Phi) is 4.16. The first-order valence-corrected chi connectivity index (χ1v) is 6.93. The topological polar surface area (TPSA) is 69.4 Å². The molecule has 0 aliphatic heterocycles. The molecule has 1 aromatic heterocycles. The lowest BCUT2D eigenvalue weighted by Gasteiger charge is -2.23. The van der Waals surface area contributed by atoms with Crippen LogP contribution in [-0.4, -0.2) is 19.2 Å². The number of rotatable bonds is 3. The fourth-order valence-corrected chi connectivity index (χ4v) is 2.57. The van der Waals surface area contributed by atoms with Crippen LogP contribution >= 0.6 is 11.6 Å². The molecule has 21 heavy (non-hydrogen) atoms. The Bertz CT molecular complexity index is 681. The maximum absolute atomic E-state index is 6.25. The number of aromatic nitrogens is 1. The summed E-state index contributed by atoms with van der Waals surface area (Å²) < 4.78 is 10.8. The fraction of sp³-hybridized carbons (Fsp3) is 0.400. The molecule has 0 saturated heterocycles. The predicted molar refractivity (Wildman–Crippen MR) is 86.4 cm³/mol. The van der Waals surface area contributed by atoms with E-state index in [1.807, 2.05) is 6.07 Å². The van der Waals surface area contributed by atoms with Crippen LogP contribution in [-0.2, 0) is 5.41 Å². The molecule has 1 heterocycles. The average molecular weight is 310 g/mol. The van der Waals surface area contributed by atoms with E-state index < -0.39 is 0 Å². The van der Waals surface area contributed by atoms with Crippen LogP contribution in [0.1, 0.15) is 26.3 Å². The quantitative estimate of drug-likeness (QED) is 0.671. The smallest absolute Gasteiger partial charge is 0.147 e. The molecule has 114 valence electrons. The maximum Gasteiger partial charge on any atom is 0.147 e. The number of hydrogen-bond acceptors (Lipinski definition) is 5. The van der Waals surface area contributed by atoms with Crippen LogP contribution in [0.3, 0.4) is 0 Å². The number of ether oxygens (including phenoxy) is 2. The van der Waals surface area contributed by atoms with E-state index in [2.05, 4.69) is 31.2 Å². The van der Waals surface area contributed by atoms with Crippen molar-refractivity contribution in [1.29, 1.82) is 0 Å². The van der Waals surface area contributed by atoms with E-state index in [1.165, 1.54) is 0 Å². The molecule has 0 aliphatic rings. The van der Waals surface area contributed by atoms with Crippen molar-refractivity contribution in [2.75, 3.05) is 19.6 Å². The molecular weight excluding hydrogens is 290 g/mol. The van der Waals surface area contributed by atoms with Crippen molar-refractivity contribution in [3.8, 4) is 11.5 Å².